The third kappa shape index (κ3) is 5.69. The van der Waals surface area contributed by atoms with Crippen molar-refractivity contribution in [3.8, 4) is 11.5 Å². The number of benzene rings is 2. The van der Waals surface area contributed by atoms with Crippen molar-refractivity contribution in [3.63, 3.8) is 0 Å². The van der Waals surface area contributed by atoms with Gasteiger partial charge in [0.2, 0.25) is 0 Å². The summed E-state index contributed by atoms with van der Waals surface area (Å²) in [5, 5.41) is 12.4. The number of rotatable bonds is 10. The van der Waals surface area contributed by atoms with Crippen LogP contribution in [0.15, 0.2) is 48.5 Å². The normalized spacial score (nSPS) is 21.6. The highest BCUT2D eigenvalue weighted by Crippen LogP contribution is 2.44. The van der Waals surface area contributed by atoms with Crippen LogP contribution in [0.2, 0.25) is 0 Å². The van der Waals surface area contributed by atoms with E-state index in [1.165, 1.54) is 0 Å². The molecule has 2 unspecified atom stereocenters. The smallest absolute Gasteiger partial charge is 0.320 e. The topological polar surface area (TPSA) is 88.3 Å². The van der Waals surface area contributed by atoms with Gasteiger partial charge in [-0.3, -0.25) is 0 Å². The molecule has 4 rings (SSSR count). The maximum absolute atomic E-state index is 13.3. The van der Waals surface area contributed by atoms with Crippen LogP contribution in [0.5, 0.6) is 11.5 Å². The van der Waals surface area contributed by atoms with Crippen LogP contribution < -0.4 is 10.5 Å². The van der Waals surface area contributed by atoms with E-state index < -0.39 is 5.60 Å². The molecule has 0 radical (unpaired) electrons. The first-order valence-corrected chi connectivity index (χ1v) is 13.3. The van der Waals surface area contributed by atoms with Crippen molar-refractivity contribution in [1.82, 2.24) is 9.80 Å². The number of unbranched alkanes of at least 4 members (excludes halogenated alkanes) is 1. The van der Waals surface area contributed by atoms with Crippen molar-refractivity contribution in [2.24, 2.45) is 11.7 Å². The van der Waals surface area contributed by atoms with E-state index in [0.717, 1.165) is 55.5 Å². The molecule has 196 valence electrons. The largest absolute Gasteiger partial charge is 0.457 e. The second-order valence-corrected chi connectivity index (χ2v) is 10.2. The molecule has 36 heavy (non-hydrogen) atoms. The maximum atomic E-state index is 13.3. The minimum Gasteiger partial charge on any atom is -0.457 e. The summed E-state index contributed by atoms with van der Waals surface area (Å²) >= 11 is 0. The first-order chi connectivity index (χ1) is 17.5. The molecule has 0 spiro atoms. The van der Waals surface area contributed by atoms with Crippen molar-refractivity contribution in [2.45, 2.75) is 57.1 Å². The molecule has 2 amide bonds. The summed E-state index contributed by atoms with van der Waals surface area (Å²) < 4.78 is 11.6. The number of likely N-dealkylation sites (tertiary alicyclic amines) is 2. The van der Waals surface area contributed by atoms with Gasteiger partial charge < -0.3 is 30.1 Å². The van der Waals surface area contributed by atoms with Gasteiger partial charge in [-0.05, 0) is 63.1 Å². The van der Waals surface area contributed by atoms with Gasteiger partial charge in [-0.25, -0.2) is 4.79 Å². The fourth-order valence-corrected chi connectivity index (χ4v) is 5.56. The zero-order chi connectivity index (χ0) is 25.5. The number of piperidine rings is 1. The summed E-state index contributed by atoms with van der Waals surface area (Å²) in [5.74, 6) is 1.34. The lowest BCUT2D eigenvalue weighted by atomic mass is 9.73. The van der Waals surface area contributed by atoms with E-state index in [9.17, 15) is 9.90 Å². The molecule has 2 heterocycles. The number of carbonyl (C=O) groups is 1. The highest BCUT2D eigenvalue weighted by Gasteiger charge is 2.44. The van der Waals surface area contributed by atoms with Gasteiger partial charge in [0.1, 0.15) is 11.5 Å². The molecule has 3 atom stereocenters. The second-order valence-electron chi connectivity index (χ2n) is 10.2. The van der Waals surface area contributed by atoms with Crippen LogP contribution in [-0.2, 0) is 10.3 Å². The van der Waals surface area contributed by atoms with E-state index in [0.29, 0.717) is 38.4 Å². The van der Waals surface area contributed by atoms with Gasteiger partial charge in [0.05, 0.1) is 5.60 Å². The monoisotopic (exact) mass is 495 g/mol. The van der Waals surface area contributed by atoms with E-state index in [1.807, 2.05) is 65.3 Å². The summed E-state index contributed by atoms with van der Waals surface area (Å²) in [5.41, 5.74) is 6.55. The lowest BCUT2D eigenvalue weighted by Gasteiger charge is -2.47. The molecule has 7 nitrogen and oxygen atoms in total. The Balaban J connectivity index is 1.61. The van der Waals surface area contributed by atoms with Crippen molar-refractivity contribution in [3.05, 3.63) is 59.7 Å². The fourth-order valence-electron chi connectivity index (χ4n) is 5.56. The Morgan fingerprint density at radius 3 is 2.53 bits per heavy atom. The molecule has 7 heteroatoms. The van der Waals surface area contributed by atoms with Crippen molar-refractivity contribution >= 4 is 6.03 Å². The van der Waals surface area contributed by atoms with Gasteiger partial charge in [0, 0.05) is 57.4 Å². The van der Waals surface area contributed by atoms with Gasteiger partial charge in [0.25, 0.3) is 0 Å². The minimum atomic E-state index is -1.13. The molecule has 0 aromatic heterocycles. The van der Waals surface area contributed by atoms with E-state index in [4.69, 9.17) is 15.2 Å². The second kappa shape index (κ2) is 12.1. The molecule has 2 aliphatic heterocycles. The zero-order valence-corrected chi connectivity index (χ0v) is 21.7. The number of amides is 2. The quantitative estimate of drug-likeness (QED) is 0.468. The van der Waals surface area contributed by atoms with Crippen LogP contribution in [-0.4, -0.2) is 66.9 Å². The molecule has 2 aromatic rings. The van der Waals surface area contributed by atoms with Gasteiger partial charge in [0.15, 0.2) is 0 Å². The van der Waals surface area contributed by atoms with Crippen molar-refractivity contribution in [1.29, 1.82) is 0 Å². The number of hydrogen-bond donors (Lipinski definition) is 2. The van der Waals surface area contributed by atoms with Gasteiger partial charge in [-0.1, -0.05) is 36.4 Å². The lowest BCUT2D eigenvalue weighted by Crippen LogP contribution is -2.60. The first-order valence-electron chi connectivity index (χ1n) is 13.3. The number of nitrogens with zero attached hydrogens (tertiary/aromatic N) is 2. The molecule has 0 bridgehead atoms. The summed E-state index contributed by atoms with van der Waals surface area (Å²) in [6.07, 6.45) is 4.93. The number of para-hydroxylation sites is 2. The predicted octanol–water partition coefficient (Wildman–Crippen LogP) is 4.66. The van der Waals surface area contributed by atoms with E-state index in [2.05, 4.69) is 0 Å². The van der Waals surface area contributed by atoms with Crippen molar-refractivity contribution in [2.75, 3.05) is 39.9 Å². The Kier molecular flexibility index (Phi) is 8.88. The highest BCUT2D eigenvalue weighted by molar-refractivity contribution is 5.76. The Bertz CT molecular complexity index is 1010. The number of urea groups is 1. The molecule has 2 aliphatic rings. The Morgan fingerprint density at radius 2 is 1.83 bits per heavy atom. The predicted molar refractivity (Wildman–Crippen MR) is 141 cm³/mol. The van der Waals surface area contributed by atoms with Gasteiger partial charge in [-0.2, -0.15) is 0 Å². The number of aryl methyl sites for hydroxylation is 1. The Labute approximate surface area is 215 Å². The SMILES string of the molecule is COCCCC[C@@](O)(c1ccccc1Oc1ccccc1C)C1CCCN(C(=O)N2CCC2CN)C1. The number of methoxy groups -OCH3 is 1. The average molecular weight is 496 g/mol. The van der Waals surface area contributed by atoms with Crippen molar-refractivity contribution < 1.29 is 19.4 Å². The van der Waals surface area contributed by atoms with Gasteiger partial charge in [-0.15, -0.1) is 0 Å². The maximum Gasteiger partial charge on any atom is 0.320 e. The van der Waals surface area contributed by atoms with Crippen LogP contribution >= 0.6 is 0 Å². The number of ether oxygens (including phenoxy) is 2. The number of carbonyl (C=O) groups excluding carboxylic acids is 1. The first kappa shape index (κ1) is 26.5. The zero-order valence-electron chi connectivity index (χ0n) is 21.7. The molecule has 2 fully saturated rings. The molecule has 2 saturated heterocycles. The molecular weight excluding hydrogens is 454 g/mol. The molecule has 0 aliphatic carbocycles. The fraction of sp³-hybridized carbons (Fsp3) is 0.552. The third-order valence-corrected chi connectivity index (χ3v) is 7.85. The molecule has 2 aromatic carbocycles. The molecular formula is C29H41N3O4. The van der Waals surface area contributed by atoms with E-state index in [1.54, 1.807) is 7.11 Å². The number of nitrogens with two attached hydrogens (primary N) is 1. The van der Waals surface area contributed by atoms with Crippen LogP contribution in [0.25, 0.3) is 0 Å². The lowest BCUT2D eigenvalue weighted by molar-refractivity contribution is -0.0604. The van der Waals surface area contributed by atoms with E-state index in [-0.39, 0.29) is 18.0 Å². The van der Waals surface area contributed by atoms with Crippen LogP contribution in [0, 0.1) is 12.8 Å². The van der Waals surface area contributed by atoms with E-state index >= 15 is 0 Å². The number of hydrogen-bond acceptors (Lipinski definition) is 5. The average Bonchev–Trinajstić information content (AvgIpc) is 2.88. The van der Waals surface area contributed by atoms with Crippen LogP contribution in [0.4, 0.5) is 4.79 Å². The number of aliphatic hydroxyl groups is 1. The summed E-state index contributed by atoms with van der Waals surface area (Å²) in [6, 6.07) is 15.9. The molecule has 0 saturated carbocycles. The summed E-state index contributed by atoms with van der Waals surface area (Å²) in [4.78, 5) is 17.1. The molecule has 3 N–H and O–H groups in total. The third-order valence-electron chi connectivity index (χ3n) is 7.85. The highest BCUT2D eigenvalue weighted by atomic mass is 16.5. The minimum absolute atomic E-state index is 0.0487. The standard InChI is InChI=1S/C29H41N3O4/c1-22-10-3-5-13-26(22)36-27-14-6-4-12-25(27)29(34,16-7-8-19-35-2)23-11-9-17-31(21-23)28(33)32-18-15-24(32)20-30/h3-6,10,12-14,23-24,34H,7-9,11,15-21,30H2,1-2H3/t23?,24?,29-/m0/s1. The summed E-state index contributed by atoms with van der Waals surface area (Å²) in [7, 11) is 1.70. The Morgan fingerprint density at radius 1 is 1.08 bits per heavy atom. The Hall–Kier alpha value is -2.61. The van der Waals surface area contributed by atoms with Crippen LogP contribution in [0.3, 0.4) is 0 Å². The van der Waals surface area contributed by atoms with Crippen LogP contribution in [0.1, 0.15) is 49.7 Å². The summed E-state index contributed by atoms with van der Waals surface area (Å²) in [6.45, 7) is 5.16. The van der Waals surface area contributed by atoms with Gasteiger partial charge >= 0.3 is 6.03 Å².